The van der Waals surface area contributed by atoms with Crippen LogP contribution < -0.4 is 10.1 Å². The van der Waals surface area contributed by atoms with Gasteiger partial charge in [-0.2, -0.15) is 0 Å². The number of rotatable bonds is 10. The van der Waals surface area contributed by atoms with Crippen LogP contribution in [0, 0.1) is 5.92 Å². The van der Waals surface area contributed by atoms with E-state index in [9.17, 15) is 9.59 Å². The third-order valence-corrected chi connectivity index (χ3v) is 7.83. The largest absolute Gasteiger partial charge is 0.497 e. The Labute approximate surface area is 200 Å². The van der Waals surface area contributed by atoms with E-state index in [2.05, 4.69) is 15.5 Å². The van der Waals surface area contributed by atoms with Gasteiger partial charge in [-0.15, -0.1) is 10.2 Å². The number of nitrogens with one attached hydrogen (secondary N) is 1. The molecule has 0 saturated carbocycles. The molecule has 1 atom stereocenters. The third-order valence-electron chi connectivity index (χ3n) is 4.52. The van der Waals surface area contributed by atoms with Crippen LogP contribution in [0.3, 0.4) is 0 Å². The lowest BCUT2D eigenvalue weighted by Gasteiger charge is -2.10. The number of hydrogen-bond acceptors (Lipinski definition) is 8. The summed E-state index contributed by atoms with van der Waals surface area (Å²) in [5.41, 5.74) is 2.46. The molecule has 0 fully saturated rings. The van der Waals surface area contributed by atoms with Gasteiger partial charge in [-0.1, -0.05) is 60.8 Å². The number of carbonyl (C=O) groups is 2. The maximum atomic E-state index is 12.8. The fraction of sp³-hybridized carbons (Fsp3) is 0.304. The van der Waals surface area contributed by atoms with E-state index >= 15 is 0 Å². The molecule has 1 aromatic heterocycles. The van der Waals surface area contributed by atoms with E-state index in [4.69, 9.17) is 4.74 Å². The second-order valence-electron chi connectivity index (χ2n) is 7.32. The highest BCUT2D eigenvalue weighted by molar-refractivity contribution is 8.03. The summed E-state index contributed by atoms with van der Waals surface area (Å²) in [6, 6.07) is 14.9. The van der Waals surface area contributed by atoms with E-state index in [0.717, 1.165) is 20.2 Å². The number of ether oxygens (including phenoxy) is 1. The number of aromatic nitrogens is 2. The van der Waals surface area contributed by atoms with Crippen LogP contribution in [0.1, 0.15) is 36.7 Å². The molecule has 1 N–H and O–H groups in total. The molecule has 0 bridgehead atoms. The van der Waals surface area contributed by atoms with Gasteiger partial charge in [0.2, 0.25) is 5.91 Å². The van der Waals surface area contributed by atoms with Gasteiger partial charge in [-0.25, -0.2) is 0 Å². The summed E-state index contributed by atoms with van der Waals surface area (Å²) in [5.74, 6) is 1.49. The smallest absolute Gasteiger partial charge is 0.226 e. The molecule has 32 heavy (non-hydrogen) atoms. The minimum absolute atomic E-state index is 0.0133. The van der Waals surface area contributed by atoms with Gasteiger partial charge in [0.05, 0.1) is 12.4 Å². The Morgan fingerprint density at radius 1 is 1.00 bits per heavy atom. The van der Waals surface area contributed by atoms with Gasteiger partial charge < -0.3 is 10.1 Å². The first-order valence-corrected chi connectivity index (χ1v) is 12.7. The molecule has 168 valence electrons. The van der Waals surface area contributed by atoms with Crippen LogP contribution >= 0.6 is 34.9 Å². The number of benzene rings is 2. The van der Waals surface area contributed by atoms with Crippen LogP contribution in [0.4, 0.5) is 5.69 Å². The number of thioether (sulfide) groups is 2. The summed E-state index contributed by atoms with van der Waals surface area (Å²) < 4.78 is 6.82. The van der Waals surface area contributed by atoms with Crippen LogP contribution in [-0.2, 0) is 10.5 Å². The number of hydrogen-bond donors (Lipinski definition) is 1. The molecule has 6 nitrogen and oxygen atoms in total. The SMILES string of the molecule is COc1ccc(CSc2nnc(SC(C)C(=O)c3ccc(NC(=O)C(C)C)cc3)s2)cc1. The van der Waals surface area contributed by atoms with E-state index in [-0.39, 0.29) is 22.9 Å². The Morgan fingerprint density at radius 3 is 2.28 bits per heavy atom. The van der Waals surface area contributed by atoms with E-state index in [1.165, 1.54) is 28.7 Å². The van der Waals surface area contributed by atoms with E-state index in [1.54, 1.807) is 43.1 Å². The van der Waals surface area contributed by atoms with E-state index in [0.29, 0.717) is 11.3 Å². The lowest BCUT2D eigenvalue weighted by Crippen LogP contribution is -2.18. The maximum absolute atomic E-state index is 12.8. The number of anilines is 1. The van der Waals surface area contributed by atoms with Crippen LogP contribution in [-0.4, -0.2) is 34.2 Å². The Balaban J connectivity index is 1.52. The lowest BCUT2D eigenvalue weighted by atomic mass is 10.1. The van der Waals surface area contributed by atoms with Gasteiger partial charge in [-0.3, -0.25) is 9.59 Å². The fourth-order valence-corrected chi connectivity index (χ4v) is 5.81. The van der Waals surface area contributed by atoms with Gasteiger partial charge >= 0.3 is 0 Å². The molecular weight excluding hydrogens is 462 g/mol. The Hall–Kier alpha value is -2.36. The molecule has 0 aliphatic heterocycles. The van der Waals surface area contributed by atoms with Crippen molar-refractivity contribution in [1.29, 1.82) is 0 Å². The van der Waals surface area contributed by atoms with Crippen LogP contribution in [0.5, 0.6) is 5.75 Å². The standard InChI is InChI=1S/C23H25N3O3S3/c1-14(2)21(28)24-18-9-7-17(8-10-18)20(27)15(3)31-23-26-25-22(32-23)30-13-16-5-11-19(29-4)12-6-16/h5-12,14-15H,13H2,1-4H3,(H,24,28). The van der Waals surface area contributed by atoms with Crippen molar-refractivity contribution < 1.29 is 14.3 Å². The average Bonchev–Trinajstić information content (AvgIpc) is 3.25. The minimum atomic E-state index is -0.293. The minimum Gasteiger partial charge on any atom is -0.497 e. The van der Waals surface area contributed by atoms with Crippen LogP contribution in [0.15, 0.2) is 57.2 Å². The highest BCUT2D eigenvalue weighted by Gasteiger charge is 2.19. The highest BCUT2D eigenvalue weighted by atomic mass is 32.2. The topological polar surface area (TPSA) is 81.2 Å². The van der Waals surface area contributed by atoms with Gasteiger partial charge in [0, 0.05) is 22.9 Å². The van der Waals surface area contributed by atoms with Crippen LogP contribution in [0.2, 0.25) is 0 Å². The molecule has 0 aliphatic rings. The van der Waals surface area contributed by atoms with Crippen molar-refractivity contribution in [2.75, 3.05) is 12.4 Å². The first-order valence-electron chi connectivity index (χ1n) is 10.1. The quantitative estimate of drug-likeness (QED) is 0.286. The number of amides is 1. The Kier molecular flexibility index (Phi) is 8.72. The zero-order chi connectivity index (χ0) is 23.1. The molecule has 3 aromatic rings. The third kappa shape index (κ3) is 6.82. The molecule has 2 aromatic carbocycles. The molecule has 9 heteroatoms. The Bertz CT molecular complexity index is 1050. The molecule has 0 radical (unpaired) electrons. The fourth-order valence-electron chi connectivity index (χ4n) is 2.61. The number of nitrogens with zero attached hydrogens (tertiary/aromatic N) is 2. The average molecular weight is 488 g/mol. The molecule has 1 unspecified atom stereocenters. The number of ketones is 1. The monoisotopic (exact) mass is 487 g/mol. The summed E-state index contributed by atoms with van der Waals surface area (Å²) in [4.78, 5) is 24.6. The first kappa shape index (κ1) is 24.3. The summed E-state index contributed by atoms with van der Waals surface area (Å²) in [6.07, 6.45) is 0. The zero-order valence-corrected chi connectivity index (χ0v) is 20.8. The van der Waals surface area contributed by atoms with Crippen molar-refractivity contribution in [2.45, 2.75) is 40.5 Å². The maximum Gasteiger partial charge on any atom is 0.226 e. The normalized spacial score (nSPS) is 11.9. The first-order chi connectivity index (χ1) is 15.4. The predicted octanol–water partition coefficient (Wildman–Crippen LogP) is 5.80. The van der Waals surface area contributed by atoms with Gasteiger partial charge in [0.25, 0.3) is 0 Å². The molecule has 0 spiro atoms. The molecule has 1 heterocycles. The van der Waals surface area contributed by atoms with Crippen molar-refractivity contribution in [3.8, 4) is 5.75 Å². The lowest BCUT2D eigenvalue weighted by molar-refractivity contribution is -0.118. The number of Topliss-reactive ketones (excluding diaryl/α,β-unsaturated/α-hetero) is 1. The van der Waals surface area contributed by atoms with Crippen molar-refractivity contribution in [2.24, 2.45) is 5.92 Å². The van der Waals surface area contributed by atoms with Crippen LogP contribution in [0.25, 0.3) is 0 Å². The predicted molar refractivity (Wildman–Crippen MR) is 132 cm³/mol. The summed E-state index contributed by atoms with van der Waals surface area (Å²) in [7, 11) is 1.65. The zero-order valence-electron chi connectivity index (χ0n) is 18.3. The number of methoxy groups -OCH3 is 1. The van der Waals surface area contributed by atoms with Crippen molar-refractivity contribution in [1.82, 2.24) is 10.2 Å². The van der Waals surface area contributed by atoms with E-state index in [1.807, 2.05) is 45.0 Å². The van der Waals surface area contributed by atoms with Gasteiger partial charge in [0.1, 0.15) is 5.75 Å². The van der Waals surface area contributed by atoms with Gasteiger partial charge in [0.15, 0.2) is 14.5 Å². The molecule has 1 amide bonds. The van der Waals surface area contributed by atoms with E-state index < -0.39 is 0 Å². The molecular formula is C23H25N3O3S3. The number of carbonyl (C=O) groups excluding carboxylic acids is 2. The van der Waals surface area contributed by atoms with Crippen molar-refractivity contribution in [3.05, 3.63) is 59.7 Å². The van der Waals surface area contributed by atoms with Crippen molar-refractivity contribution in [3.63, 3.8) is 0 Å². The highest BCUT2D eigenvalue weighted by Crippen LogP contribution is 2.33. The molecule has 3 rings (SSSR count). The Morgan fingerprint density at radius 2 is 1.66 bits per heavy atom. The molecule has 0 saturated heterocycles. The van der Waals surface area contributed by atoms with Crippen molar-refractivity contribution >= 4 is 52.2 Å². The summed E-state index contributed by atoms with van der Waals surface area (Å²) >= 11 is 4.52. The van der Waals surface area contributed by atoms with Gasteiger partial charge in [-0.05, 0) is 48.9 Å². The summed E-state index contributed by atoms with van der Waals surface area (Å²) in [5, 5.41) is 11.0. The summed E-state index contributed by atoms with van der Waals surface area (Å²) in [6.45, 7) is 5.54. The molecule has 0 aliphatic carbocycles. The second kappa shape index (κ2) is 11.5. The second-order valence-corrected chi connectivity index (χ2v) is 11.1.